The summed E-state index contributed by atoms with van der Waals surface area (Å²) in [5.74, 6) is 0.833. The van der Waals surface area contributed by atoms with Crippen LogP contribution >= 0.6 is 34.9 Å². The summed E-state index contributed by atoms with van der Waals surface area (Å²) in [6, 6.07) is 2.18. The summed E-state index contributed by atoms with van der Waals surface area (Å²) in [6.45, 7) is 9.45. The maximum Gasteiger partial charge on any atom is 0.234 e. The van der Waals surface area contributed by atoms with Crippen molar-refractivity contribution in [3.8, 4) is 6.07 Å². The molecule has 0 fully saturated rings. The lowest BCUT2D eigenvalue weighted by atomic mass is 9.90. The molecule has 0 radical (unpaired) electrons. The predicted octanol–water partition coefficient (Wildman–Crippen LogP) is 3.19. The standard InChI is InChI=1S/C13H20N4OS3/c1-6-19-11-16-17-12(21-11)20-9(4)10(18)15-13(5,7-14)8(2)3/h8-9H,6H2,1-5H3,(H,15,18). The molecule has 2 atom stereocenters. The van der Waals surface area contributed by atoms with Crippen molar-refractivity contribution in [3.63, 3.8) is 0 Å². The molecule has 21 heavy (non-hydrogen) atoms. The number of nitrogens with one attached hydrogen (secondary N) is 1. The van der Waals surface area contributed by atoms with Gasteiger partial charge in [0.05, 0.1) is 11.3 Å². The Balaban J connectivity index is 2.64. The highest BCUT2D eigenvalue weighted by Gasteiger charge is 2.32. The second-order valence-electron chi connectivity index (χ2n) is 4.99. The summed E-state index contributed by atoms with van der Waals surface area (Å²) in [6.07, 6.45) is 0. The van der Waals surface area contributed by atoms with Gasteiger partial charge >= 0.3 is 0 Å². The van der Waals surface area contributed by atoms with Crippen molar-refractivity contribution in [3.05, 3.63) is 0 Å². The summed E-state index contributed by atoms with van der Waals surface area (Å²) in [7, 11) is 0. The first-order chi connectivity index (χ1) is 9.82. The zero-order valence-electron chi connectivity index (χ0n) is 12.8. The van der Waals surface area contributed by atoms with Gasteiger partial charge in [-0.05, 0) is 25.5 Å². The van der Waals surface area contributed by atoms with Crippen LogP contribution in [0.5, 0.6) is 0 Å². The first-order valence-electron chi connectivity index (χ1n) is 6.68. The van der Waals surface area contributed by atoms with Gasteiger partial charge in [0.25, 0.3) is 0 Å². The van der Waals surface area contributed by atoms with Crippen molar-refractivity contribution in [2.24, 2.45) is 5.92 Å². The van der Waals surface area contributed by atoms with Gasteiger partial charge < -0.3 is 5.32 Å². The van der Waals surface area contributed by atoms with Crippen molar-refractivity contribution in [1.29, 1.82) is 5.26 Å². The van der Waals surface area contributed by atoms with Crippen molar-refractivity contribution < 1.29 is 4.79 Å². The van der Waals surface area contributed by atoms with E-state index in [-0.39, 0.29) is 17.1 Å². The topological polar surface area (TPSA) is 78.7 Å². The Labute approximate surface area is 138 Å². The quantitative estimate of drug-likeness (QED) is 0.765. The number of thioether (sulfide) groups is 2. The minimum Gasteiger partial charge on any atom is -0.337 e. The molecule has 0 spiro atoms. The normalized spacial score (nSPS) is 15.3. The van der Waals surface area contributed by atoms with Crippen LogP contribution in [0, 0.1) is 17.2 Å². The number of nitrogens with zero attached hydrogens (tertiary/aromatic N) is 3. The lowest BCUT2D eigenvalue weighted by Crippen LogP contribution is -2.51. The van der Waals surface area contributed by atoms with Gasteiger partial charge in [-0.15, -0.1) is 10.2 Å². The monoisotopic (exact) mass is 344 g/mol. The smallest absolute Gasteiger partial charge is 0.234 e. The van der Waals surface area contributed by atoms with E-state index < -0.39 is 5.54 Å². The number of aromatic nitrogens is 2. The Morgan fingerprint density at radius 2 is 2.05 bits per heavy atom. The molecule has 1 N–H and O–H groups in total. The second-order valence-corrected chi connectivity index (χ2v) is 9.06. The van der Waals surface area contributed by atoms with Crippen LogP contribution in [0.2, 0.25) is 0 Å². The first-order valence-corrected chi connectivity index (χ1v) is 9.36. The van der Waals surface area contributed by atoms with Gasteiger partial charge in [0.1, 0.15) is 5.54 Å². The minimum atomic E-state index is -0.851. The van der Waals surface area contributed by atoms with Gasteiger partial charge in [-0.1, -0.05) is 55.6 Å². The van der Waals surface area contributed by atoms with Gasteiger partial charge in [0.2, 0.25) is 5.91 Å². The van der Waals surface area contributed by atoms with Gasteiger partial charge in [-0.25, -0.2) is 0 Å². The molecule has 5 nitrogen and oxygen atoms in total. The zero-order valence-corrected chi connectivity index (χ0v) is 15.3. The van der Waals surface area contributed by atoms with E-state index in [1.54, 1.807) is 18.7 Å². The maximum atomic E-state index is 12.2. The van der Waals surface area contributed by atoms with Gasteiger partial charge in [-0.2, -0.15) is 5.26 Å². The number of amides is 1. The molecule has 1 rings (SSSR count). The van der Waals surface area contributed by atoms with Crippen molar-refractivity contribution >= 4 is 40.8 Å². The highest BCUT2D eigenvalue weighted by Crippen LogP contribution is 2.31. The van der Waals surface area contributed by atoms with Crippen LogP contribution in [0.1, 0.15) is 34.6 Å². The average molecular weight is 345 g/mol. The fourth-order valence-electron chi connectivity index (χ4n) is 1.29. The molecule has 0 aliphatic rings. The summed E-state index contributed by atoms with van der Waals surface area (Å²) < 4.78 is 1.69. The Morgan fingerprint density at radius 1 is 1.43 bits per heavy atom. The fraction of sp³-hybridized carbons (Fsp3) is 0.692. The van der Waals surface area contributed by atoms with E-state index in [2.05, 4.69) is 28.5 Å². The molecule has 0 aliphatic heterocycles. The Hall–Kier alpha value is -0.780. The molecule has 0 saturated carbocycles. The minimum absolute atomic E-state index is 0.0396. The summed E-state index contributed by atoms with van der Waals surface area (Å²) >= 11 is 4.50. The molecule has 2 unspecified atom stereocenters. The Morgan fingerprint density at radius 3 is 2.57 bits per heavy atom. The molecular formula is C13H20N4OS3. The summed E-state index contributed by atoms with van der Waals surface area (Å²) in [5.41, 5.74) is -0.851. The third kappa shape index (κ3) is 5.16. The fourth-order valence-corrected chi connectivity index (χ4v) is 4.35. The number of rotatable bonds is 7. The van der Waals surface area contributed by atoms with Crippen LogP contribution < -0.4 is 5.32 Å². The third-order valence-corrected chi connectivity index (χ3v) is 6.20. The SMILES string of the molecule is CCSc1nnc(SC(C)C(=O)NC(C)(C#N)C(C)C)s1. The Bertz CT molecular complexity index is 526. The molecule has 0 bridgehead atoms. The van der Waals surface area contributed by atoms with Crippen molar-refractivity contribution in [1.82, 2.24) is 15.5 Å². The van der Waals surface area contributed by atoms with Gasteiger partial charge in [0.15, 0.2) is 8.68 Å². The van der Waals surface area contributed by atoms with Crippen LogP contribution in [-0.2, 0) is 4.79 Å². The Kier molecular flexibility index (Phi) is 6.97. The highest BCUT2D eigenvalue weighted by atomic mass is 32.2. The first kappa shape index (κ1) is 18.3. The molecule has 0 aliphatic carbocycles. The third-order valence-electron chi connectivity index (χ3n) is 3.07. The largest absolute Gasteiger partial charge is 0.337 e. The number of carbonyl (C=O) groups is 1. The molecule has 1 heterocycles. The number of hydrogen-bond acceptors (Lipinski definition) is 7. The molecule has 116 valence electrons. The predicted molar refractivity (Wildman–Crippen MR) is 88.6 cm³/mol. The van der Waals surface area contributed by atoms with Gasteiger partial charge in [0, 0.05) is 0 Å². The summed E-state index contributed by atoms with van der Waals surface area (Å²) in [4.78, 5) is 12.2. The zero-order chi connectivity index (χ0) is 16.0. The van der Waals surface area contributed by atoms with E-state index in [0.29, 0.717) is 0 Å². The van der Waals surface area contributed by atoms with E-state index in [0.717, 1.165) is 14.4 Å². The van der Waals surface area contributed by atoms with Crippen LogP contribution in [0.3, 0.4) is 0 Å². The summed E-state index contributed by atoms with van der Waals surface area (Å²) in [5, 5.41) is 19.9. The second kappa shape index (κ2) is 8.01. The highest BCUT2D eigenvalue weighted by molar-refractivity contribution is 8.03. The van der Waals surface area contributed by atoms with E-state index in [1.165, 1.54) is 23.1 Å². The van der Waals surface area contributed by atoms with Crippen molar-refractivity contribution in [2.75, 3.05) is 5.75 Å². The lowest BCUT2D eigenvalue weighted by Gasteiger charge is -2.28. The van der Waals surface area contributed by atoms with Crippen molar-refractivity contribution in [2.45, 2.75) is 54.1 Å². The molecule has 0 aromatic carbocycles. The average Bonchev–Trinajstić information content (AvgIpc) is 2.86. The molecule has 1 aromatic heterocycles. The molecular weight excluding hydrogens is 324 g/mol. The van der Waals surface area contributed by atoms with Gasteiger partial charge in [-0.3, -0.25) is 4.79 Å². The van der Waals surface area contributed by atoms with E-state index in [9.17, 15) is 10.1 Å². The molecule has 0 saturated heterocycles. The van der Waals surface area contributed by atoms with Crippen LogP contribution in [0.4, 0.5) is 0 Å². The number of hydrogen-bond donors (Lipinski definition) is 1. The van der Waals surface area contributed by atoms with Crippen LogP contribution in [0.25, 0.3) is 0 Å². The van der Waals surface area contributed by atoms with E-state index >= 15 is 0 Å². The van der Waals surface area contributed by atoms with Crippen LogP contribution in [-0.4, -0.2) is 32.6 Å². The number of carbonyl (C=O) groups excluding carboxylic acids is 1. The van der Waals surface area contributed by atoms with E-state index in [4.69, 9.17) is 0 Å². The molecule has 8 heteroatoms. The van der Waals surface area contributed by atoms with Crippen LogP contribution in [0.15, 0.2) is 8.68 Å². The lowest BCUT2D eigenvalue weighted by molar-refractivity contribution is -0.121. The number of nitriles is 1. The molecule has 1 aromatic rings. The molecule has 1 amide bonds. The maximum absolute atomic E-state index is 12.2. The van der Waals surface area contributed by atoms with E-state index in [1.807, 2.05) is 20.8 Å².